The van der Waals surface area contributed by atoms with Crippen LogP contribution in [0.3, 0.4) is 0 Å². The van der Waals surface area contributed by atoms with Gasteiger partial charge in [-0.25, -0.2) is 13.6 Å². The zero-order chi connectivity index (χ0) is 19.4. The number of halogens is 4. The summed E-state index contributed by atoms with van der Waals surface area (Å²) < 4.78 is 26.4. The third-order valence-corrected chi connectivity index (χ3v) is 4.35. The minimum Gasteiger partial charge on any atom is -0.312 e. The monoisotopic (exact) mass is 405 g/mol. The Morgan fingerprint density at radius 2 is 1.22 bits per heavy atom. The molecule has 0 atom stereocenters. The Morgan fingerprint density at radius 1 is 0.741 bits per heavy atom. The van der Waals surface area contributed by atoms with Gasteiger partial charge in [-0.3, -0.25) is 0 Å². The van der Waals surface area contributed by atoms with Crippen LogP contribution >= 0.6 is 23.2 Å². The van der Waals surface area contributed by atoms with E-state index in [0.29, 0.717) is 16.1 Å². The normalized spacial score (nSPS) is 10.4. The number of nitrogens with zero attached hydrogens (tertiary/aromatic N) is 1. The highest BCUT2D eigenvalue weighted by molar-refractivity contribution is 6.42. The van der Waals surface area contributed by atoms with Gasteiger partial charge in [-0.2, -0.15) is 0 Å². The Balaban J connectivity index is 1.94. The molecule has 0 unspecified atom stereocenters. The topological polar surface area (TPSA) is 38.7 Å². The van der Waals surface area contributed by atoms with Gasteiger partial charge in [-0.1, -0.05) is 28.4 Å². The summed E-state index contributed by atoms with van der Waals surface area (Å²) in [6.45, 7) is 0. The van der Waals surface area contributed by atoms with Crippen LogP contribution in [0.2, 0.25) is 10.0 Å². The van der Waals surface area contributed by atoms with Crippen LogP contribution in [0.5, 0.6) is 0 Å². The van der Waals surface area contributed by atoms with Gasteiger partial charge in [0.05, 0.1) is 15.6 Å². The quantitative estimate of drug-likeness (QED) is 0.308. The highest BCUT2D eigenvalue weighted by Crippen LogP contribution is 2.23. The van der Waals surface area contributed by atoms with Gasteiger partial charge in [0.25, 0.3) is 0 Å². The van der Waals surface area contributed by atoms with Crippen molar-refractivity contribution in [2.24, 2.45) is 5.16 Å². The first-order valence-corrected chi connectivity index (χ1v) is 8.46. The number of hydrogen-bond donors (Lipinski definition) is 0. The van der Waals surface area contributed by atoms with Crippen LogP contribution in [0.25, 0.3) is 0 Å². The fraction of sp³-hybridized carbons (Fsp3) is 0. The molecule has 3 nitrogen and oxygen atoms in total. The molecule has 0 heterocycles. The maximum absolute atomic E-state index is 13.2. The molecule has 0 fully saturated rings. The molecular weight excluding hydrogens is 395 g/mol. The van der Waals surface area contributed by atoms with Crippen LogP contribution in [0.1, 0.15) is 21.5 Å². The SMILES string of the molecule is O=C(ON=C(c1ccc(F)cc1)c1ccc(F)cc1)c1ccc(Cl)c(Cl)c1. The van der Waals surface area contributed by atoms with Crippen LogP contribution in [-0.4, -0.2) is 11.7 Å². The zero-order valence-corrected chi connectivity index (χ0v) is 15.1. The van der Waals surface area contributed by atoms with E-state index in [2.05, 4.69) is 5.16 Å². The van der Waals surface area contributed by atoms with Crippen LogP contribution in [0.4, 0.5) is 8.78 Å². The second kappa shape index (κ2) is 8.29. The van der Waals surface area contributed by atoms with E-state index in [-0.39, 0.29) is 16.3 Å². The molecule has 0 aliphatic heterocycles. The van der Waals surface area contributed by atoms with E-state index in [9.17, 15) is 13.6 Å². The fourth-order valence-electron chi connectivity index (χ4n) is 2.25. The molecule has 0 aliphatic carbocycles. The third-order valence-electron chi connectivity index (χ3n) is 3.61. The number of oxime groups is 1. The summed E-state index contributed by atoms with van der Waals surface area (Å²) in [4.78, 5) is 17.2. The Labute approximate surface area is 163 Å². The molecular formula is C20H11Cl2F2NO2. The molecule has 0 bridgehead atoms. The van der Waals surface area contributed by atoms with Crippen molar-refractivity contribution in [2.75, 3.05) is 0 Å². The summed E-state index contributed by atoms with van der Waals surface area (Å²) in [5, 5.41) is 4.40. The largest absolute Gasteiger partial charge is 0.365 e. The molecule has 3 rings (SSSR count). The second-order valence-corrected chi connectivity index (χ2v) is 6.28. The lowest BCUT2D eigenvalue weighted by Crippen LogP contribution is -2.08. The summed E-state index contributed by atoms with van der Waals surface area (Å²) in [5.41, 5.74) is 1.38. The number of carbonyl (C=O) groups is 1. The summed E-state index contributed by atoms with van der Waals surface area (Å²) >= 11 is 11.7. The Kier molecular flexibility index (Phi) is 5.84. The predicted octanol–water partition coefficient (Wildman–Crippen LogP) is 5.88. The van der Waals surface area contributed by atoms with E-state index in [4.69, 9.17) is 28.0 Å². The average molecular weight is 406 g/mol. The molecule has 27 heavy (non-hydrogen) atoms. The summed E-state index contributed by atoms with van der Waals surface area (Å²) in [5.74, 6) is -1.61. The molecule has 0 amide bonds. The van der Waals surface area contributed by atoms with E-state index in [1.54, 1.807) is 0 Å². The molecule has 0 spiro atoms. The van der Waals surface area contributed by atoms with Gasteiger partial charge in [0.15, 0.2) is 0 Å². The summed E-state index contributed by atoms with van der Waals surface area (Å²) in [6, 6.07) is 15.2. The standard InChI is InChI=1S/C20H11Cl2F2NO2/c21-17-10-5-14(11-18(17)22)20(26)27-25-19(12-1-6-15(23)7-2-12)13-3-8-16(24)9-4-13/h1-11H. The molecule has 7 heteroatoms. The van der Waals surface area contributed by atoms with Gasteiger partial charge < -0.3 is 4.84 Å². The van der Waals surface area contributed by atoms with Crippen LogP contribution in [-0.2, 0) is 4.84 Å². The zero-order valence-electron chi connectivity index (χ0n) is 13.6. The first kappa shape index (κ1) is 19.0. The van der Waals surface area contributed by atoms with Gasteiger partial charge >= 0.3 is 5.97 Å². The van der Waals surface area contributed by atoms with Crippen LogP contribution in [0, 0.1) is 11.6 Å². The first-order valence-electron chi connectivity index (χ1n) is 7.70. The van der Waals surface area contributed by atoms with E-state index in [1.165, 1.54) is 66.7 Å². The maximum Gasteiger partial charge on any atom is 0.365 e. The molecule has 136 valence electrons. The van der Waals surface area contributed by atoms with E-state index in [0.717, 1.165) is 0 Å². The maximum atomic E-state index is 13.2. The minimum atomic E-state index is -0.754. The van der Waals surface area contributed by atoms with Crippen molar-refractivity contribution in [3.05, 3.63) is 105 Å². The number of carbonyl (C=O) groups excluding carboxylic acids is 1. The van der Waals surface area contributed by atoms with Crippen molar-refractivity contribution in [3.63, 3.8) is 0 Å². The number of hydrogen-bond acceptors (Lipinski definition) is 3. The molecule has 3 aromatic rings. The van der Waals surface area contributed by atoms with Crippen molar-refractivity contribution >= 4 is 34.9 Å². The van der Waals surface area contributed by atoms with Gasteiger partial charge in [0.1, 0.15) is 17.3 Å². The third kappa shape index (κ3) is 4.70. The summed E-state index contributed by atoms with van der Waals surface area (Å²) in [6.07, 6.45) is 0. The number of benzene rings is 3. The highest BCUT2D eigenvalue weighted by Gasteiger charge is 2.13. The molecule has 0 radical (unpaired) electrons. The molecule has 0 aromatic heterocycles. The van der Waals surface area contributed by atoms with Gasteiger partial charge in [-0.05, 0) is 66.7 Å². The number of rotatable bonds is 4. The summed E-state index contributed by atoms with van der Waals surface area (Å²) in [7, 11) is 0. The Hall–Kier alpha value is -2.76. The average Bonchev–Trinajstić information content (AvgIpc) is 2.66. The second-order valence-electron chi connectivity index (χ2n) is 5.46. The molecule has 0 aliphatic rings. The van der Waals surface area contributed by atoms with Crippen molar-refractivity contribution in [2.45, 2.75) is 0 Å². The van der Waals surface area contributed by atoms with E-state index in [1.807, 2.05) is 0 Å². The lowest BCUT2D eigenvalue weighted by molar-refractivity contribution is 0.0517. The van der Waals surface area contributed by atoms with Gasteiger partial charge in [0, 0.05) is 11.1 Å². The van der Waals surface area contributed by atoms with Crippen molar-refractivity contribution < 1.29 is 18.4 Å². The van der Waals surface area contributed by atoms with Gasteiger partial charge in [0.2, 0.25) is 0 Å². The lowest BCUT2D eigenvalue weighted by Gasteiger charge is -2.07. The highest BCUT2D eigenvalue weighted by atomic mass is 35.5. The molecule has 0 saturated carbocycles. The first-order chi connectivity index (χ1) is 12.9. The Bertz CT molecular complexity index is 956. The van der Waals surface area contributed by atoms with E-state index >= 15 is 0 Å². The fourth-order valence-corrected chi connectivity index (χ4v) is 2.55. The van der Waals surface area contributed by atoms with E-state index < -0.39 is 17.6 Å². The molecule has 0 N–H and O–H groups in total. The van der Waals surface area contributed by atoms with Crippen molar-refractivity contribution in [1.82, 2.24) is 0 Å². The van der Waals surface area contributed by atoms with Crippen LogP contribution in [0.15, 0.2) is 71.9 Å². The lowest BCUT2D eigenvalue weighted by atomic mass is 10.0. The smallest absolute Gasteiger partial charge is 0.312 e. The molecule has 3 aromatic carbocycles. The predicted molar refractivity (Wildman–Crippen MR) is 100 cm³/mol. The van der Waals surface area contributed by atoms with Crippen molar-refractivity contribution in [1.29, 1.82) is 0 Å². The molecule has 0 saturated heterocycles. The minimum absolute atomic E-state index is 0.158. The van der Waals surface area contributed by atoms with Crippen LogP contribution < -0.4 is 0 Å². The Morgan fingerprint density at radius 3 is 1.70 bits per heavy atom. The van der Waals surface area contributed by atoms with Gasteiger partial charge in [-0.15, -0.1) is 0 Å². The van der Waals surface area contributed by atoms with Crippen molar-refractivity contribution in [3.8, 4) is 0 Å².